The van der Waals surface area contributed by atoms with Crippen molar-refractivity contribution in [3.05, 3.63) is 0 Å². The fraction of sp³-hybridized carbons (Fsp3) is 0.867. The van der Waals surface area contributed by atoms with Crippen molar-refractivity contribution in [2.45, 2.75) is 58.3 Å². The van der Waals surface area contributed by atoms with Crippen molar-refractivity contribution in [1.29, 1.82) is 0 Å². The molecule has 116 valence electrons. The summed E-state index contributed by atoms with van der Waals surface area (Å²) < 4.78 is 0. The monoisotopic (exact) mass is 284 g/mol. The Balaban J connectivity index is 1.99. The standard InChI is InChI=1S/C15H28N2O3/c1-2-12-6-8-13(9-7-12)11-17-15(20)16-10-4-3-5-14(18)19/h12-13H,2-11H2,1H3,(H,18,19)(H2,16,17,20). The van der Waals surface area contributed by atoms with Crippen molar-refractivity contribution in [3.8, 4) is 0 Å². The molecule has 1 aliphatic rings. The van der Waals surface area contributed by atoms with E-state index in [1.165, 1.54) is 32.1 Å². The molecule has 5 nitrogen and oxygen atoms in total. The first kappa shape index (κ1) is 16.8. The van der Waals surface area contributed by atoms with Crippen molar-refractivity contribution in [3.63, 3.8) is 0 Å². The lowest BCUT2D eigenvalue weighted by molar-refractivity contribution is -0.137. The van der Waals surface area contributed by atoms with Gasteiger partial charge in [0.2, 0.25) is 0 Å². The van der Waals surface area contributed by atoms with Crippen molar-refractivity contribution < 1.29 is 14.7 Å². The second kappa shape index (κ2) is 9.61. The third-order valence-corrected chi connectivity index (χ3v) is 4.20. The van der Waals surface area contributed by atoms with E-state index in [0.717, 1.165) is 12.5 Å². The Morgan fingerprint density at radius 3 is 2.30 bits per heavy atom. The fourth-order valence-corrected chi connectivity index (χ4v) is 2.75. The molecule has 0 aliphatic heterocycles. The molecule has 1 saturated carbocycles. The number of hydrogen-bond donors (Lipinski definition) is 3. The van der Waals surface area contributed by atoms with Gasteiger partial charge in [-0.05, 0) is 37.5 Å². The molecule has 0 unspecified atom stereocenters. The van der Waals surface area contributed by atoms with Crippen LogP contribution in [0.5, 0.6) is 0 Å². The number of amides is 2. The molecule has 3 N–H and O–H groups in total. The zero-order chi connectivity index (χ0) is 14.8. The first-order valence-electron chi connectivity index (χ1n) is 7.85. The number of carbonyl (C=O) groups is 2. The highest BCUT2D eigenvalue weighted by atomic mass is 16.4. The summed E-state index contributed by atoms with van der Waals surface area (Å²) in [5, 5.41) is 14.2. The summed E-state index contributed by atoms with van der Waals surface area (Å²) in [5.41, 5.74) is 0. The van der Waals surface area contributed by atoms with Gasteiger partial charge in [-0.15, -0.1) is 0 Å². The van der Waals surface area contributed by atoms with E-state index in [0.29, 0.717) is 25.3 Å². The van der Waals surface area contributed by atoms with Gasteiger partial charge in [0.15, 0.2) is 0 Å². The van der Waals surface area contributed by atoms with Crippen molar-refractivity contribution in [2.24, 2.45) is 11.8 Å². The number of carboxylic acid groups (broad SMARTS) is 1. The van der Waals surface area contributed by atoms with Crippen LogP contribution in [0.15, 0.2) is 0 Å². The van der Waals surface area contributed by atoms with Crippen LogP contribution >= 0.6 is 0 Å². The van der Waals surface area contributed by atoms with Crippen LogP contribution in [-0.4, -0.2) is 30.2 Å². The lowest BCUT2D eigenvalue weighted by Gasteiger charge is -2.27. The summed E-state index contributed by atoms with van der Waals surface area (Å²) in [7, 11) is 0. The van der Waals surface area contributed by atoms with Gasteiger partial charge in [-0.3, -0.25) is 4.79 Å². The topological polar surface area (TPSA) is 78.4 Å². The van der Waals surface area contributed by atoms with Crippen LogP contribution in [0.4, 0.5) is 4.79 Å². The van der Waals surface area contributed by atoms with Crippen LogP contribution in [-0.2, 0) is 4.79 Å². The number of hydrogen-bond acceptors (Lipinski definition) is 2. The van der Waals surface area contributed by atoms with Crippen molar-refractivity contribution in [1.82, 2.24) is 10.6 Å². The molecule has 0 aromatic rings. The highest BCUT2D eigenvalue weighted by molar-refractivity contribution is 5.73. The minimum atomic E-state index is -0.780. The molecule has 0 atom stereocenters. The lowest BCUT2D eigenvalue weighted by Crippen LogP contribution is -2.39. The minimum Gasteiger partial charge on any atom is -0.481 e. The van der Waals surface area contributed by atoms with Gasteiger partial charge in [0.05, 0.1) is 0 Å². The van der Waals surface area contributed by atoms with Gasteiger partial charge in [0.1, 0.15) is 0 Å². The maximum atomic E-state index is 11.6. The second-order valence-corrected chi connectivity index (χ2v) is 5.78. The van der Waals surface area contributed by atoms with E-state index in [9.17, 15) is 9.59 Å². The quantitative estimate of drug-likeness (QED) is 0.600. The van der Waals surface area contributed by atoms with E-state index in [2.05, 4.69) is 17.6 Å². The summed E-state index contributed by atoms with van der Waals surface area (Å²) in [4.78, 5) is 21.9. The number of carboxylic acids is 1. The Morgan fingerprint density at radius 1 is 1.05 bits per heavy atom. The Kier molecular flexibility index (Phi) is 8.07. The van der Waals surface area contributed by atoms with Crippen LogP contribution < -0.4 is 10.6 Å². The molecule has 0 saturated heterocycles. The van der Waals surface area contributed by atoms with E-state index in [1.807, 2.05) is 0 Å². The Labute approximate surface area is 121 Å². The van der Waals surface area contributed by atoms with Crippen LogP contribution in [0.25, 0.3) is 0 Å². The lowest BCUT2D eigenvalue weighted by atomic mass is 9.81. The first-order valence-corrected chi connectivity index (χ1v) is 7.85. The number of aliphatic carboxylic acids is 1. The first-order chi connectivity index (χ1) is 9.61. The van der Waals surface area contributed by atoms with Gasteiger partial charge < -0.3 is 15.7 Å². The highest BCUT2D eigenvalue weighted by Crippen LogP contribution is 2.29. The SMILES string of the molecule is CCC1CCC(CNC(=O)NCCCCC(=O)O)CC1. The summed E-state index contributed by atoms with van der Waals surface area (Å²) >= 11 is 0. The van der Waals surface area contributed by atoms with E-state index in [1.54, 1.807) is 0 Å². The number of carbonyl (C=O) groups excluding carboxylic acids is 1. The summed E-state index contributed by atoms with van der Waals surface area (Å²) in [6.45, 7) is 3.56. The fourth-order valence-electron chi connectivity index (χ4n) is 2.75. The van der Waals surface area contributed by atoms with Gasteiger partial charge in [-0.25, -0.2) is 4.79 Å². The van der Waals surface area contributed by atoms with Gasteiger partial charge in [-0.1, -0.05) is 26.2 Å². The molecule has 0 aromatic heterocycles. The zero-order valence-electron chi connectivity index (χ0n) is 12.5. The molecule has 2 amide bonds. The van der Waals surface area contributed by atoms with Crippen LogP contribution in [0, 0.1) is 11.8 Å². The number of urea groups is 1. The summed E-state index contributed by atoms with van der Waals surface area (Å²) in [6.07, 6.45) is 7.78. The molecule has 0 spiro atoms. The Bertz CT molecular complexity index is 299. The minimum absolute atomic E-state index is 0.127. The summed E-state index contributed by atoms with van der Waals surface area (Å²) in [6, 6.07) is -0.127. The largest absolute Gasteiger partial charge is 0.481 e. The van der Waals surface area contributed by atoms with Gasteiger partial charge in [0.25, 0.3) is 0 Å². The molecule has 1 fully saturated rings. The maximum Gasteiger partial charge on any atom is 0.314 e. The average Bonchev–Trinajstić information content (AvgIpc) is 2.45. The molecule has 20 heavy (non-hydrogen) atoms. The van der Waals surface area contributed by atoms with Crippen LogP contribution in [0.3, 0.4) is 0 Å². The maximum absolute atomic E-state index is 11.6. The molecule has 5 heteroatoms. The normalized spacial score (nSPS) is 22.2. The Morgan fingerprint density at radius 2 is 1.70 bits per heavy atom. The molecule has 1 rings (SSSR count). The van der Waals surface area contributed by atoms with Gasteiger partial charge in [0, 0.05) is 19.5 Å². The smallest absolute Gasteiger partial charge is 0.314 e. The molecule has 0 heterocycles. The second-order valence-electron chi connectivity index (χ2n) is 5.78. The number of rotatable bonds is 8. The van der Waals surface area contributed by atoms with E-state index in [4.69, 9.17) is 5.11 Å². The van der Waals surface area contributed by atoms with Crippen molar-refractivity contribution in [2.75, 3.05) is 13.1 Å². The molecular weight excluding hydrogens is 256 g/mol. The van der Waals surface area contributed by atoms with Crippen LogP contribution in [0.2, 0.25) is 0 Å². The number of unbranched alkanes of at least 4 members (excludes halogenated alkanes) is 1. The molecular formula is C15H28N2O3. The highest BCUT2D eigenvalue weighted by Gasteiger charge is 2.20. The van der Waals surface area contributed by atoms with Crippen LogP contribution in [0.1, 0.15) is 58.3 Å². The predicted molar refractivity (Wildman–Crippen MR) is 78.6 cm³/mol. The van der Waals surface area contributed by atoms with Crippen molar-refractivity contribution >= 4 is 12.0 Å². The third kappa shape index (κ3) is 7.36. The summed E-state index contributed by atoms with van der Waals surface area (Å²) in [5.74, 6) is 0.724. The molecule has 0 aromatic carbocycles. The van der Waals surface area contributed by atoms with E-state index in [-0.39, 0.29) is 12.5 Å². The Hall–Kier alpha value is -1.26. The van der Waals surface area contributed by atoms with E-state index >= 15 is 0 Å². The van der Waals surface area contributed by atoms with E-state index < -0.39 is 5.97 Å². The average molecular weight is 284 g/mol. The predicted octanol–water partition coefficient (Wildman–Crippen LogP) is 2.76. The molecule has 0 bridgehead atoms. The zero-order valence-corrected chi connectivity index (χ0v) is 12.5. The van der Waals surface area contributed by atoms with Gasteiger partial charge in [-0.2, -0.15) is 0 Å². The third-order valence-electron chi connectivity index (χ3n) is 4.20. The van der Waals surface area contributed by atoms with Gasteiger partial charge >= 0.3 is 12.0 Å². The number of nitrogens with one attached hydrogen (secondary N) is 2. The molecule has 0 radical (unpaired) electrons. The molecule has 1 aliphatic carbocycles.